The molecule has 2 N–H and O–H groups in total. The molecule has 1 aliphatic rings. The number of sulfonamides is 1. The van der Waals surface area contributed by atoms with Crippen LogP contribution in [0.1, 0.15) is 53.7 Å². The molecule has 2 aromatic carbocycles. The molecule has 1 saturated carbocycles. The third-order valence-electron chi connectivity index (χ3n) is 4.89. The van der Waals surface area contributed by atoms with Crippen LogP contribution < -0.4 is 14.8 Å². The van der Waals surface area contributed by atoms with Gasteiger partial charge < -0.3 is 10.1 Å². The Kier molecular flexibility index (Phi) is 6.05. The van der Waals surface area contributed by atoms with E-state index in [0.29, 0.717) is 12.0 Å². The number of nitrogens with one attached hydrogen (secondary N) is 2. The molecule has 0 aliphatic heterocycles. The lowest BCUT2D eigenvalue weighted by atomic mass is 10.0. The standard InChI is InChI=1S/C21H26N2O4S/c1-4-20(15-6-10-17(27-3)11-7-15)22-21(24)19-13-18(12-5-14(19)2)28(25,26)23-16-8-9-16/h5-7,10-13,16,20,23H,4,8-9H2,1-3H3,(H,22,24). The number of aryl methyl sites for hydroxylation is 1. The Morgan fingerprint density at radius 2 is 1.86 bits per heavy atom. The molecule has 0 spiro atoms. The molecular weight excluding hydrogens is 376 g/mol. The maximum Gasteiger partial charge on any atom is 0.252 e. The van der Waals surface area contributed by atoms with Crippen molar-refractivity contribution in [3.63, 3.8) is 0 Å². The summed E-state index contributed by atoms with van der Waals surface area (Å²) in [7, 11) is -2.00. The monoisotopic (exact) mass is 402 g/mol. The van der Waals surface area contributed by atoms with Crippen LogP contribution in [0, 0.1) is 6.92 Å². The van der Waals surface area contributed by atoms with Gasteiger partial charge in [0.15, 0.2) is 0 Å². The number of methoxy groups -OCH3 is 1. The molecule has 3 rings (SSSR count). The quantitative estimate of drug-likeness (QED) is 0.709. The summed E-state index contributed by atoms with van der Waals surface area (Å²) in [6, 6.07) is 12.0. The molecule has 1 aliphatic carbocycles. The molecule has 1 fully saturated rings. The fourth-order valence-corrected chi connectivity index (χ4v) is 4.33. The third-order valence-corrected chi connectivity index (χ3v) is 6.41. The average molecular weight is 403 g/mol. The first kappa shape index (κ1) is 20.4. The number of amides is 1. The fourth-order valence-electron chi connectivity index (χ4n) is 2.99. The zero-order chi connectivity index (χ0) is 20.3. The molecule has 28 heavy (non-hydrogen) atoms. The van der Waals surface area contributed by atoms with E-state index in [4.69, 9.17) is 4.74 Å². The molecule has 2 aromatic rings. The van der Waals surface area contributed by atoms with Gasteiger partial charge in [0.1, 0.15) is 5.75 Å². The van der Waals surface area contributed by atoms with E-state index in [9.17, 15) is 13.2 Å². The molecule has 7 heteroatoms. The average Bonchev–Trinajstić information content (AvgIpc) is 3.49. The van der Waals surface area contributed by atoms with Gasteiger partial charge in [-0.1, -0.05) is 25.1 Å². The van der Waals surface area contributed by atoms with Crippen LogP contribution in [0.5, 0.6) is 5.75 Å². The predicted molar refractivity (Wildman–Crippen MR) is 108 cm³/mol. The molecule has 0 saturated heterocycles. The molecule has 6 nitrogen and oxygen atoms in total. The van der Waals surface area contributed by atoms with E-state index in [1.165, 1.54) is 12.1 Å². The second kappa shape index (κ2) is 8.32. The lowest BCUT2D eigenvalue weighted by Gasteiger charge is -2.19. The van der Waals surface area contributed by atoms with E-state index < -0.39 is 10.0 Å². The van der Waals surface area contributed by atoms with Gasteiger partial charge in [0.25, 0.3) is 5.91 Å². The molecule has 0 aromatic heterocycles. The van der Waals surface area contributed by atoms with Crippen LogP contribution in [-0.4, -0.2) is 27.5 Å². The lowest BCUT2D eigenvalue weighted by Crippen LogP contribution is -2.30. The second-order valence-electron chi connectivity index (χ2n) is 7.08. The normalized spacial score (nSPS) is 15.1. The smallest absolute Gasteiger partial charge is 0.252 e. The van der Waals surface area contributed by atoms with Gasteiger partial charge in [0.05, 0.1) is 18.0 Å². The van der Waals surface area contributed by atoms with Crippen LogP contribution in [0.15, 0.2) is 47.4 Å². The van der Waals surface area contributed by atoms with Crippen molar-refractivity contribution in [1.29, 1.82) is 0 Å². The first-order chi connectivity index (χ1) is 13.3. The van der Waals surface area contributed by atoms with Crippen molar-refractivity contribution in [2.75, 3.05) is 7.11 Å². The van der Waals surface area contributed by atoms with Crippen LogP contribution >= 0.6 is 0 Å². The number of benzene rings is 2. The van der Waals surface area contributed by atoms with Crippen LogP contribution in [-0.2, 0) is 10.0 Å². The Hall–Kier alpha value is -2.38. The van der Waals surface area contributed by atoms with Crippen molar-refractivity contribution in [1.82, 2.24) is 10.0 Å². The summed E-state index contributed by atoms with van der Waals surface area (Å²) < 4.78 is 32.8. The number of hydrogen-bond acceptors (Lipinski definition) is 4. The summed E-state index contributed by atoms with van der Waals surface area (Å²) in [5.74, 6) is 0.463. The Bertz CT molecular complexity index is 951. The van der Waals surface area contributed by atoms with E-state index in [-0.39, 0.29) is 22.9 Å². The number of ether oxygens (including phenoxy) is 1. The summed E-state index contributed by atoms with van der Waals surface area (Å²) in [4.78, 5) is 13.0. The highest BCUT2D eigenvalue weighted by Crippen LogP contribution is 2.24. The van der Waals surface area contributed by atoms with E-state index in [1.807, 2.05) is 31.2 Å². The van der Waals surface area contributed by atoms with Gasteiger partial charge >= 0.3 is 0 Å². The van der Waals surface area contributed by atoms with Crippen LogP contribution in [0.2, 0.25) is 0 Å². The summed E-state index contributed by atoms with van der Waals surface area (Å²) in [6.07, 6.45) is 2.43. The van der Waals surface area contributed by atoms with Crippen molar-refractivity contribution in [2.45, 2.75) is 50.1 Å². The molecule has 150 valence electrons. The summed E-state index contributed by atoms with van der Waals surface area (Å²) >= 11 is 0. The number of carbonyl (C=O) groups is 1. The Morgan fingerprint density at radius 1 is 1.18 bits per heavy atom. The molecule has 0 heterocycles. The number of hydrogen-bond donors (Lipinski definition) is 2. The fraction of sp³-hybridized carbons (Fsp3) is 0.381. The highest BCUT2D eigenvalue weighted by Gasteiger charge is 2.28. The predicted octanol–water partition coefficient (Wildman–Crippen LogP) is 3.33. The molecule has 0 radical (unpaired) electrons. The summed E-state index contributed by atoms with van der Waals surface area (Å²) in [5.41, 5.74) is 2.06. The maximum atomic E-state index is 12.9. The van der Waals surface area contributed by atoms with E-state index in [1.54, 1.807) is 20.1 Å². The van der Waals surface area contributed by atoms with Gasteiger partial charge in [-0.25, -0.2) is 13.1 Å². The van der Waals surface area contributed by atoms with Crippen molar-refractivity contribution >= 4 is 15.9 Å². The highest BCUT2D eigenvalue weighted by atomic mass is 32.2. The van der Waals surface area contributed by atoms with Gasteiger partial charge in [0.2, 0.25) is 10.0 Å². The van der Waals surface area contributed by atoms with Crippen molar-refractivity contribution < 1.29 is 17.9 Å². The van der Waals surface area contributed by atoms with Gasteiger partial charge in [-0.3, -0.25) is 4.79 Å². The maximum absolute atomic E-state index is 12.9. The first-order valence-electron chi connectivity index (χ1n) is 9.42. The Balaban J connectivity index is 1.81. The first-order valence-corrected chi connectivity index (χ1v) is 10.9. The second-order valence-corrected chi connectivity index (χ2v) is 8.79. The summed E-state index contributed by atoms with van der Waals surface area (Å²) in [5, 5.41) is 3.01. The van der Waals surface area contributed by atoms with E-state index in [2.05, 4.69) is 10.0 Å². The SMILES string of the molecule is CCC(NC(=O)c1cc(S(=O)(=O)NC2CC2)ccc1C)c1ccc(OC)cc1. The largest absolute Gasteiger partial charge is 0.497 e. The van der Waals surface area contributed by atoms with Crippen molar-refractivity contribution in [3.8, 4) is 5.75 Å². The molecule has 1 amide bonds. The molecule has 0 bridgehead atoms. The zero-order valence-corrected chi connectivity index (χ0v) is 17.2. The number of rotatable bonds is 8. The number of carbonyl (C=O) groups excluding carboxylic acids is 1. The van der Waals surface area contributed by atoms with Gasteiger partial charge in [-0.2, -0.15) is 0 Å². The van der Waals surface area contributed by atoms with Crippen LogP contribution in [0.25, 0.3) is 0 Å². The highest BCUT2D eigenvalue weighted by molar-refractivity contribution is 7.89. The lowest BCUT2D eigenvalue weighted by molar-refractivity contribution is 0.0934. The van der Waals surface area contributed by atoms with Gasteiger partial charge in [0, 0.05) is 11.6 Å². The third kappa shape index (κ3) is 4.72. The Morgan fingerprint density at radius 3 is 2.43 bits per heavy atom. The molecule has 1 unspecified atom stereocenters. The van der Waals surface area contributed by atoms with E-state index >= 15 is 0 Å². The molecule has 1 atom stereocenters. The topological polar surface area (TPSA) is 84.5 Å². The van der Waals surface area contributed by atoms with Gasteiger partial charge in [-0.15, -0.1) is 0 Å². The molecular formula is C21H26N2O4S. The van der Waals surface area contributed by atoms with Gasteiger partial charge in [-0.05, 0) is 61.6 Å². The minimum absolute atomic E-state index is 0.0168. The summed E-state index contributed by atoms with van der Waals surface area (Å²) in [6.45, 7) is 3.79. The minimum atomic E-state index is -3.61. The minimum Gasteiger partial charge on any atom is -0.497 e. The Labute approximate surface area is 166 Å². The van der Waals surface area contributed by atoms with Crippen LogP contribution in [0.4, 0.5) is 0 Å². The zero-order valence-electron chi connectivity index (χ0n) is 16.4. The van der Waals surface area contributed by atoms with E-state index in [0.717, 1.165) is 29.7 Å². The van der Waals surface area contributed by atoms with Crippen LogP contribution in [0.3, 0.4) is 0 Å². The van der Waals surface area contributed by atoms with Crippen molar-refractivity contribution in [2.24, 2.45) is 0 Å². The van der Waals surface area contributed by atoms with Crippen molar-refractivity contribution in [3.05, 3.63) is 59.2 Å².